The standard InChI is InChI=1S/C10H14N2O3/c1-12(2)11-9-6-7(15-3)4-5-8(9)10(13)14/h4-6,11H,1-3H3,(H,13,14). The Balaban J connectivity index is 3.10. The third-order valence-electron chi connectivity index (χ3n) is 1.80. The van der Waals surface area contributed by atoms with E-state index in [9.17, 15) is 4.79 Å². The monoisotopic (exact) mass is 210 g/mol. The van der Waals surface area contributed by atoms with Gasteiger partial charge < -0.3 is 15.3 Å². The largest absolute Gasteiger partial charge is 0.497 e. The molecule has 0 atom stereocenters. The molecule has 0 bridgehead atoms. The van der Waals surface area contributed by atoms with Crippen LogP contribution in [0.3, 0.4) is 0 Å². The van der Waals surface area contributed by atoms with Crippen LogP contribution >= 0.6 is 0 Å². The summed E-state index contributed by atoms with van der Waals surface area (Å²) in [6.07, 6.45) is 0. The number of carboxylic acids is 1. The SMILES string of the molecule is COc1ccc(C(=O)O)c(NN(C)C)c1. The zero-order chi connectivity index (χ0) is 11.4. The van der Waals surface area contributed by atoms with Crippen LogP contribution in [0.2, 0.25) is 0 Å². The molecule has 15 heavy (non-hydrogen) atoms. The Kier molecular flexibility index (Phi) is 3.51. The van der Waals surface area contributed by atoms with E-state index in [4.69, 9.17) is 9.84 Å². The summed E-state index contributed by atoms with van der Waals surface area (Å²) in [5.74, 6) is -0.355. The number of hydrazine groups is 1. The lowest BCUT2D eigenvalue weighted by molar-refractivity contribution is 0.0697. The Labute approximate surface area is 88.2 Å². The minimum atomic E-state index is -0.970. The fourth-order valence-corrected chi connectivity index (χ4v) is 1.17. The maximum absolute atomic E-state index is 10.9. The first-order valence-corrected chi connectivity index (χ1v) is 4.40. The van der Waals surface area contributed by atoms with Gasteiger partial charge >= 0.3 is 5.97 Å². The number of hydrogen-bond acceptors (Lipinski definition) is 4. The molecular weight excluding hydrogens is 196 g/mol. The Morgan fingerprint density at radius 2 is 2.13 bits per heavy atom. The lowest BCUT2D eigenvalue weighted by atomic mass is 10.2. The van der Waals surface area contributed by atoms with E-state index in [0.29, 0.717) is 11.4 Å². The van der Waals surface area contributed by atoms with Gasteiger partial charge in [0.25, 0.3) is 0 Å². The number of hydrogen-bond donors (Lipinski definition) is 2. The molecule has 5 heteroatoms. The second-order valence-electron chi connectivity index (χ2n) is 3.22. The Morgan fingerprint density at radius 1 is 1.47 bits per heavy atom. The van der Waals surface area contributed by atoms with Crippen molar-refractivity contribution in [1.82, 2.24) is 5.01 Å². The molecule has 0 fully saturated rings. The Hall–Kier alpha value is -1.75. The summed E-state index contributed by atoms with van der Waals surface area (Å²) in [5, 5.41) is 10.6. The van der Waals surface area contributed by atoms with E-state index in [1.54, 1.807) is 31.2 Å². The van der Waals surface area contributed by atoms with E-state index >= 15 is 0 Å². The minimum Gasteiger partial charge on any atom is -0.497 e. The molecule has 1 rings (SSSR count). The topological polar surface area (TPSA) is 61.8 Å². The van der Waals surface area contributed by atoms with Crippen molar-refractivity contribution in [3.63, 3.8) is 0 Å². The zero-order valence-corrected chi connectivity index (χ0v) is 8.94. The van der Waals surface area contributed by atoms with E-state index in [2.05, 4.69) is 5.43 Å². The highest BCUT2D eigenvalue weighted by atomic mass is 16.5. The highest BCUT2D eigenvalue weighted by Crippen LogP contribution is 2.22. The first kappa shape index (κ1) is 11.3. The predicted octanol–water partition coefficient (Wildman–Crippen LogP) is 1.28. The second kappa shape index (κ2) is 4.65. The first-order valence-electron chi connectivity index (χ1n) is 4.40. The molecule has 0 aromatic heterocycles. The first-order chi connectivity index (χ1) is 7.04. The fraction of sp³-hybridized carbons (Fsp3) is 0.300. The number of aromatic carboxylic acids is 1. The van der Waals surface area contributed by atoms with E-state index in [1.807, 2.05) is 0 Å². The van der Waals surface area contributed by atoms with Crippen LogP contribution in [0.15, 0.2) is 18.2 Å². The van der Waals surface area contributed by atoms with Crippen molar-refractivity contribution < 1.29 is 14.6 Å². The van der Waals surface area contributed by atoms with Crippen molar-refractivity contribution in [1.29, 1.82) is 0 Å². The van der Waals surface area contributed by atoms with Gasteiger partial charge in [0.1, 0.15) is 5.75 Å². The molecule has 82 valence electrons. The molecule has 0 saturated carbocycles. The molecule has 1 aromatic carbocycles. The summed E-state index contributed by atoms with van der Waals surface area (Å²) in [5.41, 5.74) is 3.62. The molecule has 0 spiro atoms. The third kappa shape index (κ3) is 2.85. The van der Waals surface area contributed by atoms with Crippen molar-refractivity contribution in [2.45, 2.75) is 0 Å². The fourth-order valence-electron chi connectivity index (χ4n) is 1.17. The molecule has 0 aliphatic heterocycles. The van der Waals surface area contributed by atoms with Gasteiger partial charge in [0, 0.05) is 20.2 Å². The molecule has 1 aromatic rings. The van der Waals surface area contributed by atoms with E-state index in [1.165, 1.54) is 13.2 Å². The summed E-state index contributed by atoms with van der Waals surface area (Å²) in [6, 6.07) is 4.76. The number of nitrogens with one attached hydrogen (secondary N) is 1. The highest BCUT2D eigenvalue weighted by Gasteiger charge is 2.11. The maximum atomic E-state index is 10.9. The molecular formula is C10H14N2O3. The van der Waals surface area contributed by atoms with Crippen molar-refractivity contribution in [3.8, 4) is 5.75 Å². The van der Waals surface area contributed by atoms with Crippen molar-refractivity contribution >= 4 is 11.7 Å². The van der Waals surface area contributed by atoms with E-state index < -0.39 is 5.97 Å². The van der Waals surface area contributed by atoms with Gasteiger partial charge in [-0.05, 0) is 12.1 Å². The summed E-state index contributed by atoms with van der Waals surface area (Å²) in [7, 11) is 5.10. The van der Waals surface area contributed by atoms with Gasteiger partial charge in [-0.1, -0.05) is 0 Å². The average molecular weight is 210 g/mol. The summed E-state index contributed by atoms with van der Waals surface area (Å²) in [4.78, 5) is 10.9. The van der Waals surface area contributed by atoms with Crippen LogP contribution in [0, 0.1) is 0 Å². The molecule has 0 unspecified atom stereocenters. The average Bonchev–Trinajstić information content (AvgIpc) is 2.16. The van der Waals surface area contributed by atoms with E-state index in [-0.39, 0.29) is 5.56 Å². The molecule has 0 saturated heterocycles. The van der Waals surface area contributed by atoms with Gasteiger partial charge in [-0.2, -0.15) is 0 Å². The van der Waals surface area contributed by atoms with Crippen LogP contribution in [0.25, 0.3) is 0 Å². The molecule has 5 nitrogen and oxygen atoms in total. The van der Waals surface area contributed by atoms with Crippen LogP contribution in [0.4, 0.5) is 5.69 Å². The van der Waals surface area contributed by atoms with Crippen molar-refractivity contribution in [2.24, 2.45) is 0 Å². The molecule has 2 N–H and O–H groups in total. The van der Waals surface area contributed by atoms with Gasteiger partial charge in [0.2, 0.25) is 0 Å². The number of anilines is 1. The number of nitrogens with zero attached hydrogens (tertiary/aromatic N) is 1. The third-order valence-corrected chi connectivity index (χ3v) is 1.80. The van der Waals surface area contributed by atoms with Crippen LogP contribution < -0.4 is 10.2 Å². The quantitative estimate of drug-likeness (QED) is 0.733. The highest BCUT2D eigenvalue weighted by molar-refractivity contribution is 5.94. The number of carboxylic acid groups (broad SMARTS) is 1. The molecule has 0 radical (unpaired) electrons. The van der Waals surface area contributed by atoms with Gasteiger partial charge in [0.15, 0.2) is 0 Å². The van der Waals surface area contributed by atoms with Gasteiger partial charge in [-0.15, -0.1) is 0 Å². The number of ether oxygens (including phenoxy) is 1. The van der Waals surface area contributed by atoms with Crippen LogP contribution in [0.5, 0.6) is 5.75 Å². The summed E-state index contributed by atoms with van der Waals surface area (Å²) < 4.78 is 5.02. The molecule has 0 amide bonds. The van der Waals surface area contributed by atoms with E-state index in [0.717, 1.165) is 0 Å². The van der Waals surface area contributed by atoms with Crippen molar-refractivity contribution in [3.05, 3.63) is 23.8 Å². The number of rotatable bonds is 4. The summed E-state index contributed by atoms with van der Waals surface area (Å²) in [6.45, 7) is 0. The Morgan fingerprint density at radius 3 is 2.60 bits per heavy atom. The molecule has 0 heterocycles. The number of benzene rings is 1. The number of methoxy groups -OCH3 is 1. The zero-order valence-electron chi connectivity index (χ0n) is 8.94. The summed E-state index contributed by atoms with van der Waals surface area (Å²) >= 11 is 0. The second-order valence-corrected chi connectivity index (χ2v) is 3.22. The minimum absolute atomic E-state index is 0.213. The maximum Gasteiger partial charge on any atom is 0.337 e. The lowest BCUT2D eigenvalue weighted by Crippen LogP contribution is -2.21. The van der Waals surface area contributed by atoms with Crippen molar-refractivity contribution in [2.75, 3.05) is 26.6 Å². The van der Waals surface area contributed by atoms with Gasteiger partial charge in [-0.3, -0.25) is 0 Å². The lowest BCUT2D eigenvalue weighted by Gasteiger charge is -2.16. The Bertz CT molecular complexity index is 364. The normalized spacial score (nSPS) is 10.1. The van der Waals surface area contributed by atoms with Gasteiger partial charge in [-0.25, -0.2) is 9.80 Å². The molecule has 0 aliphatic rings. The van der Waals surface area contributed by atoms with Gasteiger partial charge in [0.05, 0.1) is 18.4 Å². The van der Waals surface area contributed by atoms with Crippen LogP contribution in [-0.2, 0) is 0 Å². The number of carbonyl (C=O) groups is 1. The van der Waals surface area contributed by atoms with Crippen LogP contribution in [0.1, 0.15) is 10.4 Å². The predicted molar refractivity (Wildman–Crippen MR) is 57.3 cm³/mol. The smallest absolute Gasteiger partial charge is 0.337 e. The van der Waals surface area contributed by atoms with Crippen LogP contribution in [-0.4, -0.2) is 37.3 Å². The molecule has 0 aliphatic carbocycles.